The molecule has 0 aliphatic carbocycles. The van der Waals surface area contributed by atoms with Gasteiger partial charge in [0.05, 0.1) is 22.5 Å². The maximum absolute atomic E-state index is 11.0. The Labute approximate surface area is 145 Å². The lowest BCUT2D eigenvalue weighted by Gasteiger charge is -2.40. The Morgan fingerprint density at radius 3 is 2.68 bits per heavy atom. The van der Waals surface area contributed by atoms with Crippen LogP contribution in [0.4, 0.5) is 11.4 Å². The summed E-state index contributed by atoms with van der Waals surface area (Å²) in [5, 5.41) is 15.4. The number of anilines is 1. The Morgan fingerprint density at radius 1 is 1.20 bits per heavy atom. The van der Waals surface area contributed by atoms with Crippen molar-refractivity contribution in [1.82, 2.24) is 0 Å². The third kappa shape index (κ3) is 2.00. The number of fused-ring (bicyclic) bond motifs is 1. The van der Waals surface area contributed by atoms with Crippen LogP contribution in [0.25, 0.3) is 0 Å². The van der Waals surface area contributed by atoms with E-state index >= 15 is 0 Å². The summed E-state index contributed by atoms with van der Waals surface area (Å²) in [5.74, 6) is 0. The average Bonchev–Trinajstić information content (AvgIpc) is 3.13. The fourth-order valence-corrected chi connectivity index (χ4v) is 4.01. The molecule has 2 aliphatic heterocycles. The first-order valence-corrected chi connectivity index (χ1v) is 8.20. The van der Waals surface area contributed by atoms with Gasteiger partial charge in [-0.15, -0.1) is 0 Å². The molecule has 0 unspecified atom stereocenters. The predicted molar refractivity (Wildman–Crippen MR) is 95.9 cm³/mol. The van der Waals surface area contributed by atoms with Crippen molar-refractivity contribution in [3.63, 3.8) is 0 Å². The van der Waals surface area contributed by atoms with Crippen molar-refractivity contribution in [2.75, 3.05) is 11.9 Å². The van der Waals surface area contributed by atoms with Gasteiger partial charge in [0, 0.05) is 30.4 Å². The second-order valence-corrected chi connectivity index (χ2v) is 7.10. The quantitative estimate of drug-likeness (QED) is 0.617. The lowest BCUT2D eigenvalue weighted by Crippen LogP contribution is -2.54. The van der Waals surface area contributed by atoms with Crippen molar-refractivity contribution < 1.29 is 9.76 Å². The highest BCUT2D eigenvalue weighted by molar-refractivity contribution is 6.02. The van der Waals surface area contributed by atoms with Crippen LogP contribution in [0.3, 0.4) is 0 Å². The minimum absolute atomic E-state index is 0.0588. The molecule has 2 aromatic rings. The standard InChI is InChI=1S/C19H19N3O3/c1-18(2)15-9-4-5-10-17(15)21(3)19(18)12-16(20-25-19)13-7-6-8-14(11-13)22(23)24/h4-11H,12H2,1-3H3/t19-/m1/s1. The van der Waals surface area contributed by atoms with Crippen LogP contribution in [0, 0.1) is 10.1 Å². The second kappa shape index (κ2) is 5.05. The fourth-order valence-electron chi connectivity index (χ4n) is 4.01. The van der Waals surface area contributed by atoms with Crippen molar-refractivity contribution in [3.8, 4) is 0 Å². The number of benzene rings is 2. The summed E-state index contributed by atoms with van der Waals surface area (Å²) in [6.45, 7) is 4.31. The molecule has 0 amide bonds. The summed E-state index contributed by atoms with van der Waals surface area (Å²) in [7, 11) is 2.01. The van der Waals surface area contributed by atoms with Crippen LogP contribution in [-0.4, -0.2) is 23.4 Å². The SMILES string of the molecule is CN1c2ccccc2C(C)(C)[C@]12CC(c1cccc([N+](=O)[O-])c1)=NO2. The van der Waals surface area contributed by atoms with E-state index < -0.39 is 10.6 Å². The highest BCUT2D eigenvalue weighted by Crippen LogP contribution is 2.55. The van der Waals surface area contributed by atoms with Gasteiger partial charge in [-0.05, 0) is 25.5 Å². The number of nitrogens with zero attached hydrogens (tertiary/aromatic N) is 3. The van der Waals surface area contributed by atoms with Gasteiger partial charge in [-0.2, -0.15) is 0 Å². The Bertz CT molecular complexity index is 906. The van der Waals surface area contributed by atoms with E-state index in [4.69, 9.17) is 4.84 Å². The Morgan fingerprint density at radius 2 is 1.96 bits per heavy atom. The third-order valence-electron chi connectivity index (χ3n) is 5.56. The monoisotopic (exact) mass is 337 g/mol. The molecule has 25 heavy (non-hydrogen) atoms. The Kier molecular flexibility index (Phi) is 3.16. The molecule has 0 radical (unpaired) electrons. The molecular weight excluding hydrogens is 318 g/mol. The number of hydrogen-bond donors (Lipinski definition) is 0. The van der Waals surface area contributed by atoms with Gasteiger partial charge in [0.25, 0.3) is 5.69 Å². The van der Waals surface area contributed by atoms with E-state index in [2.05, 4.69) is 36.0 Å². The highest BCUT2D eigenvalue weighted by Gasteiger charge is 2.61. The number of nitro groups is 1. The minimum atomic E-state index is -0.628. The Hall–Kier alpha value is -2.89. The van der Waals surface area contributed by atoms with Crippen LogP contribution in [-0.2, 0) is 10.3 Å². The highest BCUT2D eigenvalue weighted by atomic mass is 16.7. The topological polar surface area (TPSA) is 68.0 Å². The van der Waals surface area contributed by atoms with Gasteiger partial charge >= 0.3 is 0 Å². The number of rotatable bonds is 2. The predicted octanol–water partition coefficient (Wildman–Crippen LogP) is 3.84. The number of likely N-dealkylation sites (N-methyl/N-ethyl adjacent to an activating group) is 1. The van der Waals surface area contributed by atoms with Crippen molar-refractivity contribution in [2.45, 2.75) is 31.4 Å². The van der Waals surface area contributed by atoms with Crippen LogP contribution < -0.4 is 4.90 Å². The zero-order valence-corrected chi connectivity index (χ0v) is 14.4. The second-order valence-electron chi connectivity index (χ2n) is 7.10. The molecule has 1 atom stereocenters. The van der Waals surface area contributed by atoms with E-state index in [1.807, 2.05) is 25.2 Å². The average molecular weight is 337 g/mol. The zero-order chi connectivity index (χ0) is 17.8. The number of nitro benzene ring substituents is 1. The summed E-state index contributed by atoms with van der Waals surface area (Å²) in [6.07, 6.45) is 0.562. The first kappa shape index (κ1) is 15.6. The number of non-ortho nitro benzene ring substituents is 1. The van der Waals surface area contributed by atoms with Crippen LogP contribution in [0.2, 0.25) is 0 Å². The van der Waals surface area contributed by atoms with Crippen LogP contribution >= 0.6 is 0 Å². The summed E-state index contributed by atoms with van der Waals surface area (Å²) in [4.78, 5) is 18.8. The van der Waals surface area contributed by atoms with Crippen LogP contribution in [0.5, 0.6) is 0 Å². The molecule has 2 aliphatic rings. The number of para-hydroxylation sites is 1. The summed E-state index contributed by atoms with van der Waals surface area (Å²) in [6, 6.07) is 14.8. The molecule has 0 N–H and O–H groups in total. The van der Waals surface area contributed by atoms with E-state index in [0.29, 0.717) is 6.42 Å². The maximum Gasteiger partial charge on any atom is 0.270 e. The normalized spacial score (nSPS) is 23.3. The first-order chi connectivity index (χ1) is 11.9. The molecule has 1 spiro atoms. The van der Waals surface area contributed by atoms with Crippen molar-refractivity contribution in [2.24, 2.45) is 5.16 Å². The lowest BCUT2D eigenvalue weighted by atomic mass is 9.75. The first-order valence-electron chi connectivity index (χ1n) is 8.20. The Balaban J connectivity index is 1.72. The molecule has 6 nitrogen and oxygen atoms in total. The van der Waals surface area contributed by atoms with E-state index in [1.165, 1.54) is 11.6 Å². The molecular formula is C19H19N3O3. The van der Waals surface area contributed by atoms with Crippen LogP contribution in [0.1, 0.15) is 31.4 Å². The van der Waals surface area contributed by atoms with Gasteiger partial charge in [0.15, 0.2) is 0 Å². The maximum atomic E-state index is 11.0. The molecule has 4 rings (SSSR count). The molecule has 0 bridgehead atoms. The van der Waals surface area contributed by atoms with E-state index in [-0.39, 0.29) is 11.1 Å². The number of oxime groups is 1. The molecule has 0 saturated carbocycles. The summed E-state index contributed by atoms with van der Waals surface area (Å²) in [5.41, 5.74) is 2.96. The molecule has 0 fully saturated rings. The molecule has 128 valence electrons. The van der Waals surface area contributed by atoms with Gasteiger partial charge < -0.3 is 9.74 Å². The largest absolute Gasteiger partial charge is 0.366 e. The van der Waals surface area contributed by atoms with Crippen molar-refractivity contribution in [1.29, 1.82) is 0 Å². The molecule has 0 aromatic heterocycles. The summed E-state index contributed by atoms with van der Waals surface area (Å²) >= 11 is 0. The third-order valence-corrected chi connectivity index (χ3v) is 5.56. The van der Waals surface area contributed by atoms with Gasteiger partial charge in [-0.1, -0.05) is 35.5 Å². The summed E-state index contributed by atoms with van der Waals surface area (Å²) < 4.78 is 0. The zero-order valence-electron chi connectivity index (χ0n) is 14.4. The van der Waals surface area contributed by atoms with Crippen molar-refractivity contribution >= 4 is 17.1 Å². The van der Waals surface area contributed by atoms with E-state index in [0.717, 1.165) is 17.0 Å². The van der Waals surface area contributed by atoms with Crippen LogP contribution in [0.15, 0.2) is 53.7 Å². The lowest BCUT2D eigenvalue weighted by molar-refractivity contribution is -0.384. The van der Waals surface area contributed by atoms with Crippen molar-refractivity contribution in [3.05, 3.63) is 69.8 Å². The number of hydrogen-bond acceptors (Lipinski definition) is 5. The van der Waals surface area contributed by atoms with Gasteiger partial charge in [-0.3, -0.25) is 10.1 Å². The fraction of sp³-hybridized carbons (Fsp3) is 0.316. The minimum Gasteiger partial charge on any atom is -0.366 e. The van der Waals surface area contributed by atoms with E-state index in [9.17, 15) is 10.1 Å². The van der Waals surface area contributed by atoms with E-state index in [1.54, 1.807) is 12.1 Å². The molecule has 2 heterocycles. The van der Waals surface area contributed by atoms with Gasteiger partial charge in [0.1, 0.15) is 0 Å². The van der Waals surface area contributed by atoms with Gasteiger partial charge in [-0.25, -0.2) is 0 Å². The molecule has 0 saturated heterocycles. The molecule has 2 aromatic carbocycles. The smallest absolute Gasteiger partial charge is 0.270 e. The van der Waals surface area contributed by atoms with Gasteiger partial charge in [0.2, 0.25) is 5.72 Å². The molecule has 6 heteroatoms.